The van der Waals surface area contributed by atoms with Crippen LogP contribution in [-0.2, 0) is 11.8 Å². The molecule has 0 amide bonds. The smallest absolute Gasteiger partial charge is 0.307 e. The molecule has 3 atom stereocenters. The van der Waals surface area contributed by atoms with Crippen LogP contribution in [0.5, 0.6) is 17.2 Å². The van der Waals surface area contributed by atoms with Crippen LogP contribution in [0.25, 0.3) is 0 Å². The van der Waals surface area contributed by atoms with Gasteiger partial charge in [0.25, 0.3) is 0 Å². The summed E-state index contributed by atoms with van der Waals surface area (Å²) in [6, 6.07) is 12.7. The topological polar surface area (TPSA) is 82.8 Å². The van der Waals surface area contributed by atoms with E-state index in [1.54, 1.807) is 24.4 Å². The molecule has 1 aromatic heterocycles. The molecule has 8 heteroatoms. The van der Waals surface area contributed by atoms with Crippen molar-refractivity contribution in [2.45, 2.75) is 25.4 Å². The Hall–Kier alpha value is -3.19. The van der Waals surface area contributed by atoms with Crippen molar-refractivity contribution in [2.75, 3.05) is 13.2 Å². The molecule has 7 nitrogen and oxygen atoms in total. The average Bonchev–Trinajstić information content (AvgIpc) is 3.21. The molecule has 0 spiro atoms. The highest BCUT2D eigenvalue weighted by Crippen LogP contribution is 2.35. The summed E-state index contributed by atoms with van der Waals surface area (Å²) in [6.45, 7) is 2.56. The lowest BCUT2D eigenvalue weighted by molar-refractivity contribution is -0.142. The van der Waals surface area contributed by atoms with Crippen molar-refractivity contribution in [2.24, 2.45) is 13.0 Å². The van der Waals surface area contributed by atoms with E-state index in [1.807, 2.05) is 49.0 Å². The Labute approximate surface area is 191 Å². The zero-order valence-electron chi connectivity index (χ0n) is 17.9. The molecule has 32 heavy (non-hydrogen) atoms. The number of nitrogens with zero attached hydrogens (tertiary/aromatic N) is 2. The number of aryl methyl sites for hydroxylation is 1. The molecule has 1 N–H and O–H groups in total. The lowest BCUT2D eigenvalue weighted by Gasteiger charge is -2.26. The summed E-state index contributed by atoms with van der Waals surface area (Å²) >= 11 is 6.03. The predicted molar refractivity (Wildman–Crippen MR) is 120 cm³/mol. The van der Waals surface area contributed by atoms with Gasteiger partial charge in [-0.15, -0.1) is 0 Å². The fourth-order valence-electron chi connectivity index (χ4n) is 3.92. The van der Waals surface area contributed by atoms with E-state index in [2.05, 4.69) is 4.98 Å². The number of benzene rings is 2. The third-order valence-corrected chi connectivity index (χ3v) is 5.83. The molecule has 0 fully saturated rings. The van der Waals surface area contributed by atoms with E-state index in [0.29, 0.717) is 41.9 Å². The SMILES string of the molecule is CCC(C(=O)O)C(c1ccc(OCC2COc3ccc(Cl)cc3O2)cc1)c1nccn1C. The van der Waals surface area contributed by atoms with Gasteiger partial charge in [0, 0.05) is 30.5 Å². The standard InChI is InChI=1S/C24H25ClN2O5/c1-3-19(24(28)29)22(23-26-10-11-27(23)2)15-4-7-17(8-5-15)30-13-18-14-31-20-9-6-16(25)12-21(20)32-18/h4-12,18-19,22H,3,13-14H2,1-2H3,(H,28,29). The molecule has 0 saturated heterocycles. The summed E-state index contributed by atoms with van der Waals surface area (Å²) < 4.78 is 19.4. The van der Waals surface area contributed by atoms with Gasteiger partial charge >= 0.3 is 5.97 Å². The van der Waals surface area contributed by atoms with Crippen molar-refractivity contribution in [1.29, 1.82) is 0 Å². The molecule has 0 radical (unpaired) electrons. The van der Waals surface area contributed by atoms with Crippen molar-refractivity contribution >= 4 is 17.6 Å². The molecular weight excluding hydrogens is 432 g/mol. The maximum atomic E-state index is 11.9. The van der Waals surface area contributed by atoms with Gasteiger partial charge in [-0.2, -0.15) is 0 Å². The third-order valence-electron chi connectivity index (χ3n) is 5.60. The molecule has 0 bridgehead atoms. The van der Waals surface area contributed by atoms with E-state index >= 15 is 0 Å². The fraction of sp³-hybridized carbons (Fsp3) is 0.333. The van der Waals surface area contributed by atoms with Crippen LogP contribution in [0.2, 0.25) is 5.02 Å². The van der Waals surface area contributed by atoms with Crippen LogP contribution >= 0.6 is 11.6 Å². The van der Waals surface area contributed by atoms with Crippen LogP contribution in [0.3, 0.4) is 0 Å². The summed E-state index contributed by atoms with van der Waals surface area (Å²) in [5.41, 5.74) is 0.877. The molecule has 0 aliphatic carbocycles. The average molecular weight is 457 g/mol. The quantitative estimate of drug-likeness (QED) is 0.536. The minimum absolute atomic E-state index is 0.266. The van der Waals surface area contributed by atoms with Crippen molar-refractivity contribution < 1.29 is 24.1 Å². The van der Waals surface area contributed by atoms with E-state index in [0.717, 1.165) is 11.4 Å². The number of carboxylic acid groups (broad SMARTS) is 1. The molecule has 3 unspecified atom stereocenters. The zero-order valence-corrected chi connectivity index (χ0v) is 18.7. The number of carboxylic acids is 1. The van der Waals surface area contributed by atoms with Gasteiger partial charge in [-0.3, -0.25) is 4.79 Å². The van der Waals surface area contributed by atoms with Crippen LogP contribution in [0, 0.1) is 5.92 Å². The van der Waals surface area contributed by atoms with Crippen LogP contribution in [0.4, 0.5) is 0 Å². The highest BCUT2D eigenvalue weighted by atomic mass is 35.5. The molecule has 168 valence electrons. The number of halogens is 1. The van der Waals surface area contributed by atoms with Crippen molar-refractivity contribution in [3.05, 3.63) is 71.3 Å². The number of hydrogen-bond donors (Lipinski definition) is 1. The number of fused-ring (bicyclic) bond motifs is 1. The van der Waals surface area contributed by atoms with Gasteiger partial charge in [-0.25, -0.2) is 4.98 Å². The minimum Gasteiger partial charge on any atom is -0.490 e. The first kappa shape index (κ1) is 22.0. The molecule has 3 aromatic rings. The summed E-state index contributed by atoms with van der Waals surface area (Å²) in [5.74, 6) is 0.874. The van der Waals surface area contributed by atoms with E-state index < -0.39 is 11.9 Å². The molecule has 2 aromatic carbocycles. The van der Waals surface area contributed by atoms with Gasteiger partial charge in [0.2, 0.25) is 0 Å². The van der Waals surface area contributed by atoms with E-state index in [-0.39, 0.29) is 12.0 Å². The monoisotopic (exact) mass is 456 g/mol. The maximum absolute atomic E-state index is 11.9. The van der Waals surface area contributed by atoms with Crippen molar-refractivity contribution in [1.82, 2.24) is 9.55 Å². The Bertz CT molecular complexity index is 1080. The van der Waals surface area contributed by atoms with Gasteiger partial charge in [-0.05, 0) is 36.2 Å². The molecule has 2 heterocycles. The first-order valence-corrected chi connectivity index (χ1v) is 10.9. The summed E-state index contributed by atoms with van der Waals surface area (Å²) in [5, 5.41) is 10.4. The molecule has 4 rings (SSSR count). The van der Waals surface area contributed by atoms with Gasteiger partial charge in [-0.1, -0.05) is 30.7 Å². The lowest BCUT2D eigenvalue weighted by Crippen LogP contribution is -2.34. The second kappa shape index (κ2) is 9.53. The number of aromatic nitrogens is 2. The Balaban J connectivity index is 1.46. The van der Waals surface area contributed by atoms with E-state index in [4.69, 9.17) is 25.8 Å². The number of carbonyl (C=O) groups is 1. The Morgan fingerprint density at radius 1 is 1.28 bits per heavy atom. The number of aliphatic carboxylic acids is 1. The summed E-state index contributed by atoms with van der Waals surface area (Å²) in [6.07, 6.45) is 3.74. The maximum Gasteiger partial charge on any atom is 0.307 e. The highest BCUT2D eigenvalue weighted by molar-refractivity contribution is 6.30. The van der Waals surface area contributed by atoms with Crippen molar-refractivity contribution in [3.63, 3.8) is 0 Å². The van der Waals surface area contributed by atoms with Gasteiger partial charge in [0.1, 0.15) is 24.8 Å². The Kier molecular flexibility index (Phi) is 6.55. The number of rotatable bonds is 8. The van der Waals surface area contributed by atoms with Crippen LogP contribution < -0.4 is 14.2 Å². The normalized spacial score (nSPS) is 16.9. The van der Waals surface area contributed by atoms with Gasteiger partial charge in [0.15, 0.2) is 17.6 Å². The molecule has 1 aliphatic rings. The predicted octanol–water partition coefficient (Wildman–Crippen LogP) is 4.54. The first-order valence-electron chi connectivity index (χ1n) is 10.5. The van der Waals surface area contributed by atoms with Crippen LogP contribution in [-0.4, -0.2) is 39.9 Å². The molecule has 0 saturated carbocycles. The van der Waals surface area contributed by atoms with Crippen LogP contribution in [0.15, 0.2) is 54.9 Å². The summed E-state index contributed by atoms with van der Waals surface area (Å²) in [7, 11) is 1.87. The second-order valence-electron chi connectivity index (χ2n) is 7.75. The molecule has 1 aliphatic heterocycles. The zero-order chi connectivity index (χ0) is 22.7. The Morgan fingerprint density at radius 2 is 2.06 bits per heavy atom. The van der Waals surface area contributed by atoms with E-state index in [1.165, 1.54) is 0 Å². The number of imidazole rings is 1. The third kappa shape index (κ3) is 4.67. The number of hydrogen-bond acceptors (Lipinski definition) is 5. The largest absolute Gasteiger partial charge is 0.490 e. The highest BCUT2D eigenvalue weighted by Gasteiger charge is 2.32. The lowest BCUT2D eigenvalue weighted by atomic mass is 9.83. The first-order chi connectivity index (χ1) is 15.5. The van der Waals surface area contributed by atoms with Crippen LogP contribution in [0.1, 0.15) is 30.7 Å². The fourth-order valence-corrected chi connectivity index (χ4v) is 4.09. The number of ether oxygens (including phenoxy) is 3. The molecular formula is C24H25ClN2O5. The van der Waals surface area contributed by atoms with E-state index in [9.17, 15) is 9.90 Å². The summed E-state index contributed by atoms with van der Waals surface area (Å²) in [4.78, 5) is 16.3. The van der Waals surface area contributed by atoms with Gasteiger partial charge < -0.3 is 23.9 Å². The minimum atomic E-state index is -0.837. The van der Waals surface area contributed by atoms with Crippen molar-refractivity contribution in [3.8, 4) is 17.2 Å². The second-order valence-corrected chi connectivity index (χ2v) is 8.19. The van der Waals surface area contributed by atoms with Gasteiger partial charge in [0.05, 0.1) is 11.8 Å². The Morgan fingerprint density at radius 3 is 2.72 bits per heavy atom.